The summed E-state index contributed by atoms with van der Waals surface area (Å²) in [5, 5.41) is 39.5. The van der Waals surface area contributed by atoms with Crippen LogP contribution < -0.4 is 38.4 Å². The van der Waals surface area contributed by atoms with E-state index < -0.39 is 106 Å². The van der Waals surface area contributed by atoms with Gasteiger partial charge in [-0.3, -0.25) is 58.4 Å². The van der Waals surface area contributed by atoms with E-state index in [-0.39, 0.29) is 117 Å². The molecule has 0 bridgehead atoms. The number of hydrogen-bond donors (Lipinski definition) is 5. The Bertz CT molecular complexity index is 3890. The van der Waals surface area contributed by atoms with E-state index in [4.69, 9.17) is 53.2 Å². The largest absolute Gasteiger partial charge is 1.00 e. The molecule has 4 fully saturated rings. The van der Waals surface area contributed by atoms with Gasteiger partial charge >= 0.3 is 72.7 Å². The van der Waals surface area contributed by atoms with Crippen molar-refractivity contribution in [3.05, 3.63) is 91.7 Å². The van der Waals surface area contributed by atoms with Crippen molar-refractivity contribution in [3.63, 3.8) is 0 Å². The summed E-state index contributed by atoms with van der Waals surface area (Å²) < 4.78 is 53.9. The minimum absolute atomic E-state index is 0. The first kappa shape index (κ1) is 108. The third kappa shape index (κ3) is 37.8. The summed E-state index contributed by atoms with van der Waals surface area (Å²) in [5.74, 6) is -5.13. The molecule has 0 aromatic carbocycles. The van der Waals surface area contributed by atoms with Gasteiger partial charge in [-0.05, 0) is 151 Å². The number of rotatable bonds is 23. The number of amides is 3. The van der Waals surface area contributed by atoms with Crippen molar-refractivity contribution in [3.8, 4) is 23.0 Å². The van der Waals surface area contributed by atoms with Gasteiger partial charge in [0, 0.05) is 99.1 Å². The van der Waals surface area contributed by atoms with Crippen LogP contribution in [0.4, 0.5) is 4.79 Å². The van der Waals surface area contributed by atoms with E-state index in [0.717, 1.165) is 36.6 Å². The van der Waals surface area contributed by atoms with Crippen LogP contribution in [0.2, 0.25) is 0 Å². The Morgan fingerprint density at radius 2 is 0.797 bits per heavy atom. The summed E-state index contributed by atoms with van der Waals surface area (Å²) in [5.41, 5.74) is -2.05. The van der Waals surface area contributed by atoms with Crippen LogP contribution in [0.15, 0.2) is 91.7 Å². The molecule has 39 heteroatoms. The number of ether oxygens (including phenoxy) is 10. The maximum Gasteiger partial charge on any atom is 1.00 e. The average Bonchev–Trinajstić information content (AvgIpc) is 1.61. The molecule has 0 spiro atoms. The predicted molar refractivity (Wildman–Crippen MR) is 437 cm³/mol. The minimum Gasteiger partial charge on any atom is -0.870 e. The molecule has 4 aliphatic rings. The van der Waals surface area contributed by atoms with Crippen molar-refractivity contribution in [2.75, 3.05) is 95.3 Å². The monoisotopic (exact) mass is 1910 g/mol. The molecule has 8 rings (SSSR count). The average molecular weight is 1920 g/mol. The van der Waals surface area contributed by atoms with Crippen LogP contribution in [0.25, 0.3) is 0 Å². The third-order valence-electron chi connectivity index (χ3n) is 18.6. The summed E-state index contributed by atoms with van der Waals surface area (Å²) in [6.45, 7) is 24.6. The number of pyridine rings is 4. The molecule has 0 saturated carbocycles. The fourth-order valence-electron chi connectivity index (χ4n) is 12.3. The molecule has 4 aliphatic heterocycles. The van der Waals surface area contributed by atoms with E-state index in [1.54, 1.807) is 103 Å². The number of likely N-dealkylation sites (tertiary alicyclic amines) is 3. The fourth-order valence-corrected chi connectivity index (χ4v) is 13.6. The van der Waals surface area contributed by atoms with Gasteiger partial charge in [-0.1, -0.05) is 62.3 Å². The van der Waals surface area contributed by atoms with Crippen molar-refractivity contribution in [2.24, 2.45) is 57.7 Å². The van der Waals surface area contributed by atoms with Gasteiger partial charge in [0.05, 0.1) is 124 Å². The van der Waals surface area contributed by atoms with Crippen LogP contribution in [0.5, 0.6) is 23.0 Å². The molecule has 8 heterocycles. The number of hydrogen-bond acceptors (Lipinski definition) is 29. The smallest absolute Gasteiger partial charge is 0.870 e. The number of halogens is 4. The van der Waals surface area contributed by atoms with Gasteiger partial charge < -0.3 is 88.4 Å². The molecule has 34 nitrogen and oxygen atoms in total. The number of aliphatic carboxylic acids is 2. The maximum atomic E-state index is 13.4. The molecule has 0 aliphatic carbocycles. The second kappa shape index (κ2) is 51.7. The first-order chi connectivity index (χ1) is 54.1. The van der Waals surface area contributed by atoms with Crippen molar-refractivity contribution < 1.29 is 145 Å². The van der Waals surface area contributed by atoms with Crippen molar-refractivity contribution >= 4 is 129 Å². The van der Waals surface area contributed by atoms with Gasteiger partial charge in [0.1, 0.15) is 52.8 Å². The van der Waals surface area contributed by atoms with Crippen LogP contribution in [-0.2, 0) is 81.1 Å². The standard InChI is InChI=1S/C21H29BrN2O6.C20H27BrN2O6.C12H15BrN2O3.C12H21NO5.C9H16O4.C5H4BrNO.Li.H2O/c1-21(2,3)16(8-18(25)28-4)19(26)24-11-13(6-17(24)20(27)29-5)12-30-15-7-14(22)9-23-10-15;1-20(2,3)15(7-17(24)28-4)18(25)23-10-12(5-16(23)19(26)27)11-29-14-6-13(21)8-22-9-14;1-17-12(16)11-2-8(4-15-11)7-18-10-3-9(13)5-14-6-10;1-12(2,3)18-11(16)13-6-8(7-14)5-9(13)10(15)17-4;1-9(2,3)6(8(11)12)5-7(10)13-4;6-4-1-5(8)3-7-2-4;;/h7,9-10,13,16-17H,6,8,11-12H2,1-5H3;6,8-9,12,15-16H,5,7,10-11H2,1-4H3,(H,26,27);3,5-6,8,11,15H,2,4,7H2,1H3;8-9,14H,5-7H2,1-4H3;6H,5H2,1-4H3,(H,11,12);1-3,8H;;1H2/q;;;;;;+1;/p-1/t13-,16-,17+;12-,15-,16+;8-,11+;8-,9+;6-;;;/m11111.../s1. The van der Waals surface area contributed by atoms with Crippen molar-refractivity contribution in [1.82, 2.24) is 40.0 Å². The molecule has 0 unspecified atom stereocenters. The summed E-state index contributed by atoms with van der Waals surface area (Å²) in [4.78, 5) is 151. The van der Waals surface area contributed by atoms with Gasteiger partial charge in [0.25, 0.3) is 0 Å². The topological polar surface area (TPSA) is 464 Å². The number of aliphatic hydroxyl groups excluding tert-OH is 1. The zero-order chi connectivity index (χ0) is 87.8. The van der Waals surface area contributed by atoms with Gasteiger partial charge in [0.2, 0.25) is 11.8 Å². The van der Waals surface area contributed by atoms with E-state index in [1.807, 2.05) is 47.6 Å². The van der Waals surface area contributed by atoms with Crippen LogP contribution in [-0.4, -0.2) is 251 Å². The maximum absolute atomic E-state index is 13.4. The van der Waals surface area contributed by atoms with Crippen molar-refractivity contribution in [2.45, 2.75) is 158 Å². The van der Waals surface area contributed by atoms with Gasteiger partial charge in [0.15, 0.2) is 0 Å². The number of carbonyl (C=O) groups excluding carboxylic acids is 9. The van der Waals surface area contributed by atoms with E-state index in [2.05, 4.69) is 98.4 Å². The Kier molecular flexibility index (Phi) is 47.4. The molecular formula is C79H113Br4LiN8O26. The third-order valence-corrected chi connectivity index (χ3v) is 20.3. The number of esters is 6. The number of aliphatic hydroxyl groups is 1. The predicted octanol–water partition coefficient (Wildman–Crippen LogP) is 7.41. The Balaban J connectivity index is 0.000000735. The second-order valence-electron chi connectivity index (χ2n) is 31.9. The van der Waals surface area contributed by atoms with E-state index >= 15 is 0 Å². The Hall–Kier alpha value is -7.83. The number of carboxylic acids is 2. The number of aromatic nitrogens is 4. The van der Waals surface area contributed by atoms with E-state index in [0.29, 0.717) is 56.6 Å². The van der Waals surface area contributed by atoms with Crippen LogP contribution in [0, 0.1) is 57.7 Å². The zero-order valence-corrected chi connectivity index (χ0v) is 76.7. The molecule has 6 N–H and O–H groups in total. The number of nitrogens with zero attached hydrogens (tertiary/aromatic N) is 7. The molecule has 118 heavy (non-hydrogen) atoms. The van der Waals surface area contributed by atoms with Crippen LogP contribution in [0.1, 0.15) is 128 Å². The molecule has 654 valence electrons. The number of methoxy groups -OCH3 is 6. The Morgan fingerprint density at radius 1 is 0.458 bits per heavy atom. The SMILES string of the molecule is COC(=O)C[C@H](C(=O)N1C[C@H](COc2cncc(Br)c2)C[C@H]1C(=O)O)C(C)(C)C.COC(=O)C[C@H](C(=O)N1C[C@H](COc2cncc(Br)c2)C[C@H]1C(=O)OC)C(C)(C)C.COC(=O)C[C@H](C(=O)O)C(C)(C)C.COC(=O)[C@@H]1C[C@@H](CO)CN1C(=O)OC(C)(C)C.COC(=O)[C@@H]1C[C@@H](COc2cncc(Br)c2)CN1.Oc1cncc(Br)c1.[Li+].[OH-]. The number of aromatic hydroxyl groups is 1. The second-order valence-corrected chi connectivity index (χ2v) is 35.5. The van der Waals surface area contributed by atoms with E-state index in [9.17, 15) is 57.8 Å². The Morgan fingerprint density at radius 3 is 1.12 bits per heavy atom. The summed E-state index contributed by atoms with van der Waals surface area (Å²) in [6.07, 6.45) is 13.9. The number of carbonyl (C=O) groups is 11. The normalized spacial score (nSPS) is 19.3. The summed E-state index contributed by atoms with van der Waals surface area (Å²) in [6, 6.07) is 4.49. The fraction of sp³-hybridized carbons (Fsp3) is 0.608. The van der Waals surface area contributed by atoms with Gasteiger partial charge in [-0.15, -0.1) is 0 Å². The Labute approximate surface area is 734 Å². The van der Waals surface area contributed by atoms with Gasteiger partial charge in [-0.2, -0.15) is 0 Å². The minimum atomic E-state index is -1.06. The molecular weight excluding hydrogens is 1800 g/mol. The van der Waals surface area contributed by atoms with Crippen LogP contribution >= 0.6 is 63.7 Å². The van der Waals surface area contributed by atoms with Gasteiger partial charge in [-0.25, -0.2) is 19.2 Å². The molecule has 4 saturated heterocycles. The first-order valence-corrected chi connectivity index (χ1v) is 40.1. The summed E-state index contributed by atoms with van der Waals surface area (Å²) >= 11 is 13.1. The molecule has 4 aromatic rings. The summed E-state index contributed by atoms with van der Waals surface area (Å²) in [7, 11) is 7.81. The molecule has 0 radical (unpaired) electrons. The molecule has 3 amide bonds. The first-order valence-electron chi connectivity index (χ1n) is 37.0. The quantitative estimate of drug-likeness (QED) is 0.0274. The number of nitrogens with one attached hydrogen (secondary N) is 1. The zero-order valence-electron chi connectivity index (χ0n) is 70.3. The molecule has 4 aromatic heterocycles. The van der Waals surface area contributed by atoms with Crippen molar-refractivity contribution in [1.29, 1.82) is 0 Å². The number of carboxylic acid groups (broad SMARTS) is 2. The molecule has 11 atom stereocenters. The van der Waals surface area contributed by atoms with Crippen LogP contribution in [0.3, 0.4) is 0 Å². The van der Waals surface area contributed by atoms with E-state index in [1.165, 1.54) is 63.6 Å².